The number of epoxide rings is 1. The van der Waals surface area contributed by atoms with Crippen LogP contribution in [0.3, 0.4) is 0 Å². The standard InChI is InChI=1S/C17H21F3O5/c1-8-11(21)6-12(22)14(8)16-15(25-16)13(23)7-24-10-4-2-3-9(5-10)17(18,19)20/h2-5,8,11-16,21-23H,6-7H2,1H3/t8-,11-,12+,13-,14?,15?,16?/m0/s1. The molecule has 1 saturated heterocycles. The van der Waals surface area contributed by atoms with Crippen LogP contribution in [0.25, 0.3) is 0 Å². The predicted octanol–water partition coefficient (Wildman–Crippen LogP) is 1.59. The molecule has 1 saturated carbocycles. The van der Waals surface area contributed by atoms with E-state index in [1.807, 2.05) is 6.92 Å². The monoisotopic (exact) mass is 362 g/mol. The Balaban J connectivity index is 1.54. The van der Waals surface area contributed by atoms with E-state index in [2.05, 4.69) is 0 Å². The number of ether oxygens (including phenoxy) is 2. The minimum Gasteiger partial charge on any atom is -0.491 e. The van der Waals surface area contributed by atoms with Crippen molar-refractivity contribution >= 4 is 0 Å². The van der Waals surface area contributed by atoms with Gasteiger partial charge in [-0.05, 0) is 30.5 Å². The zero-order valence-corrected chi connectivity index (χ0v) is 13.6. The number of aliphatic hydroxyl groups is 3. The first-order chi connectivity index (χ1) is 11.7. The van der Waals surface area contributed by atoms with Crippen molar-refractivity contribution in [1.29, 1.82) is 0 Å². The SMILES string of the molecule is C[C@@H]1C(C2OC2[C@@H](O)COc2cccc(C(F)(F)F)c2)[C@H](O)C[C@@H]1O. The van der Waals surface area contributed by atoms with Crippen LogP contribution in [0.4, 0.5) is 13.2 Å². The molecule has 1 aliphatic carbocycles. The molecule has 3 N–H and O–H groups in total. The van der Waals surface area contributed by atoms with Crippen molar-refractivity contribution in [2.24, 2.45) is 11.8 Å². The second-order valence-corrected chi connectivity index (χ2v) is 6.78. The van der Waals surface area contributed by atoms with Crippen molar-refractivity contribution in [2.75, 3.05) is 6.61 Å². The highest BCUT2D eigenvalue weighted by Gasteiger charge is 2.56. The summed E-state index contributed by atoms with van der Waals surface area (Å²) >= 11 is 0. The molecule has 2 aliphatic rings. The second kappa shape index (κ2) is 6.75. The summed E-state index contributed by atoms with van der Waals surface area (Å²) in [4.78, 5) is 0. The van der Waals surface area contributed by atoms with E-state index in [1.165, 1.54) is 12.1 Å². The first-order valence-electron chi connectivity index (χ1n) is 8.18. The smallest absolute Gasteiger partial charge is 0.416 e. The molecule has 3 unspecified atom stereocenters. The summed E-state index contributed by atoms with van der Waals surface area (Å²) in [6, 6.07) is 4.43. The molecule has 0 spiro atoms. The van der Waals surface area contributed by atoms with Crippen molar-refractivity contribution < 1.29 is 38.0 Å². The molecule has 140 valence electrons. The van der Waals surface area contributed by atoms with E-state index in [4.69, 9.17) is 9.47 Å². The normalized spacial score (nSPS) is 36.3. The van der Waals surface area contributed by atoms with Crippen molar-refractivity contribution in [3.05, 3.63) is 29.8 Å². The fraction of sp³-hybridized carbons (Fsp3) is 0.647. The number of hydrogen-bond donors (Lipinski definition) is 3. The van der Waals surface area contributed by atoms with Crippen LogP contribution in [-0.4, -0.2) is 52.4 Å². The summed E-state index contributed by atoms with van der Waals surface area (Å²) in [6.45, 7) is 1.60. The van der Waals surface area contributed by atoms with Gasteiger partial charge >= 0.3 is 6.18 Å². The van der Waals surface area contributed by atoms with Gasteiger partial charge in [-0.25, -0.2) is 0 Å². The van der Waals surface area contributed by atoms with Gasteiger partial charge in [-0.3, -0.25) is 0 Å². The van der Waals surface area contributed by atoms with Crippen LogP contribution in [0.2, 0.25) is 0 Å². The Bertz CT molecular complexity index is 608. The highest BCUT2D eigenvalue weighted by Crippen LogP contribution is 2.44. The minimum atomic E-state index is -4.46. The average Bonchev–Trinajstić information content (AvgIpc) is 3.27. The topological polar surface area (TPSA) is 82.5 Å². The minimum absolute atomic E-state index is 0.00997. The fourth-order valence-electron chi connectivity index (χ4n) is 3.54. The van der Waals surface area contributed by atoms with Crippen molar-refractivity contribution in [1.82, 2.24) is 0 Å². The number of alkyl halides is 3. The molecular weight excluding hydrogens is 341 g/mol. The molecule has 1 heterocycles. The predicted molar refractivity (Wildman–Crippen MR) is 80.9 cm³/mol. The number of benzene rings is 1. The summed E-state index contributed by atoms with van der Waals surface area (Å²) < 4.78 is 48.7. The van der Waals surface area contributed by atoms with Gasteiger partial charge in [0, 0.05) is 5.92 Å². The Kier molecular flexibility index (Phi) is 4.98. The molecule has 0 bridgehead atoms. The summed E-state index contributed by atoms with van der Waals surface area (Å²) in [6.07, 6.45) is -7.47. The maximum Gasteiger partial charge on any atom is 0.416 e. The lowest BCUT2D eigenvalue weighted by Crippen LogP contribution is -2.31. The third-order valence-electron chi connectivity index (χ3n) is 5.04. The van der Waals surface area contributed by atoms with E-state index >= 15 is 0 Å². The Labute approximate surface area is 143 Å². The molecule has 0 amide bonds. The van der Waals surface area contributed by atoms with Gasteiger partial charge in [-0.15, -0.1) is 0 Å². The first-order valence-corrected chi connectivity index (χ1v) is 8.18. The van der Waals surface area contributed by atoms with Crippen molar-refractivity contribution in [3.8, 4) is 5.75 Å². The van der Waals surface area contributed by atoms with Crippen LogP contribution in [0.15, 0.2) is 24.3 Å². The fourth-order valence-corrected chi connectivity index (χ4v) is 3.54. The van der Waals surface area contributed by atoms with Gasteiger partial charge < -0.3 is 24.8 Å². The van der Waals surface area contributed by atoms with Crippen LogP contribution in [0, 0.1) is 11.8 Å². The Morgan fingerprint density at radius 3 is 2.60 bits per heavy atom. The molecule has 25 heavy (non-hydrogen) atoms. The number of aliphatic hydroxyl groups excluding tert-OH is 3. The quantitative estimate of drug-likeness (QED) is 0.693. The van der Waals surface area contributed by atoms with Crippen LogP contribution in [0.5, 0.6) is 5.75 Å². The highest BCUT2D eigenvalue weighted by atomic mass is 19.4. The Hall–Kier alpha value is -1.35. The van der Waals surface area contributed by atoms with Gasteiger partial charge in [0.05, 0.1) is 23.9 Å². The van der Waals surface area contributed by atoms with Crippen LogP contribution in [-0.2, 0) is 10.9 Å². The van der Waals surface area contributed by atoms with Crippen LogP contribution < -0.4 is 4.74 Å². The molecule has 1 aromatic rings. The van der Waals surface area contributed by atoms with Gasteiger partial charge in [-0.2, -0.15) is 13.2 Å². The van der Waals surface area contributed by atoms with Gasteiger partial charge in [0.1, 0.15) is 24.6 Å². The summed E-state index contributed by atoms with van der Waals surface area (Å²) in [7, 11) is 0. The maximum atomic E-state index is 12.7. The number of halogens is 3. The largest absolute Gasteiger partial charge is 0.491 e. The summed E-state index contributed by atoms with van der Waals surface area (Å²) in [5.74, 6) is -0.416. The molecule has 3 rings (SSSR count). The summed E-state index contributed by atoms with van der Waals surface area (Å²) in [5.41, 5.74) is -0.822. The molecule has 2 fully saturated rings. The Morgan fingerprint density at radius 2 is 2.00 bits per heavy atom. The van der Waals surface area contributed by atoms with E-state index in [-0.39, 0.29) is 36.7 Å². The van der Waals surface area contributed by atoms with Gasteiger partial charge in [-0.1, -0.05) is 13.0 Å². The average molecular weight is 362 g/mol. The van der Waals surface area contributed by atoms with Gasteiger partial charge in [0.15, 0.2) is 0 Å². The van der Waals surface area contributed by atoms with Crippen LogP contribution >= 0.6 is 0 Å². The van der Waals surface area contributed by atoms with E-state index < -0.39 is 36.2 Å². The van der Waals surface area contributed by atoms with Crippen molar-refractivity contribution in [3.63, 3.8) is 0 Å². The Morgan fingerprint density at radius 1 is 1.28 bits per heavy atom. The van der Waals surface area contributed by atoms with Crippen molar-refractivity contribution in [2.45, 2.75) is 50.0 Å². The van der Waals surface area contributed by atoms with E-state index in [9.17, 15) is 28.5 Å². The van der Waals surface area contributed by atoms with Gasteiger partial charge in [0.2, 0.25) is 0 Å². The zero-order chi connectivity index (χ0) is 18.4. The van der Waals surface area contributed by atoms with E-state index in [1.54, 1.807) is 0 Å². The first kappa shape index (κ1) is 18.4. The maximum absolute atomic E-state index is 12.7. The highest BCUT2D eigenvalue weighted by molar-refractivity contribution is 5.30. The molecule has 0 aromatic heterocycles. The number of rotatable bonds is 5. The zero-order valence-electron chi connectivity index (χ0n) is 13.6. The molecular formula is C17H21F3O5. The molecule has 8 heteroatoms. The summed E-state index contributed by atoms with van der Waals surface area (Å²) in [5, 5.41) is 29.9. The third-order valence-corrected chi connectivity index (χ3v) is 5.04. The lowest BCUT2D eigenvalue weighted by atomic mass is 9.90. The molecule has 7 atom stereocenters. The van der Waals surface area contributed by atoms with Crippen LogP contribution in [0.1, 0.15) is 18.9 Å². The van der Waals surface area contributed by atoms with E-state index in [0.717, 1.165) is 12.1 Å². The van der Waals surface area contributed by atoms with E-state index in [0.29, 0.717) is 0 Å². The third kappa shape index (κ3) is 3.92. The lowest BCUT2D eigenvalue weighted by molar-refractivity contribution is -0.137. The molecule has 1 aromatic carbocycles. The lowest BCUT2D eigenvalue weighted by Gasteiger charge is -2.18. The van der Waals surface area contributed by atoms with Gasteiger partial charge in [0.25, 0.3) is 0 Å². The number of hydrogen-bond acceptors (Lipinski definition) is 5. The molecule has 0 radical (unpaired) electrons. The molecule has 5 nitrogen and oxygen atoms in total. The molecule has 1 aliphatic heterocycles. The second-order valence-electron chi connectivity index (χ2n) is 6.78.